The maximum atomic E-state index is 14.2. The zero-order valence-corrected chi connectivity index (χ0v) is 16.6. The van der Waals surface area contributed by atoms with Crippen LogP contribution >= 0.6 is 0 Å². The van der Waals surface area contributed by atoms with Gasteiger partial charge in [0, 0.05) is 18.6 Å². The van der Waals surface area contributed by atoms with Gasteiger partial charge in [0.05, 0.1) is 5.56 Å². The number of amides is 1. The molecule has 0 radical (unpaired) electrons. The van der Waals surface area contributed by atoms with E-state index in [1.165, 1.54) is 4.31 Å². The maximum Gasteiger partial charge on any atom is 0.338 e. The predicted octanol–water partition coefficient (Wildman–Crippen LogP) is 2.07. The van der Waals surface area contributed by atoms with E-state index in [-0.39, 0.29) is 5.56 Å². The van der Waals surface area contributed by atoms with Crippen LogP contribution in [-0.2, 0) is 19.6 Å². The molecule has 1 fully saturated rings. The quantitative estimate of drug-likeness (QED) is 0.764. The molecule has 7 nitrogen and oxygen atoms in total. The van der Waals surface area contributed by atoms with Crippen LogP contribution in [-0.4, -0.2) is 49.8 Å². The van der Waals surface area contributed by atoms with Crippen LogP contribution in [0, 0.1) is 5.82 Å². The Morgan fingerprint density at radius 3 is 2.41 bits per heavy atom. The largest absolute Gasteiger partial charge is 0.452 e. The first-order chi connectivity index (χ1) is 12.5. The van der Waals surface area contributed by atoms with Gasteiger partial charge < -0.3 is 10.1 Å². The first kappa shape index (κ1) is 21.3. The second-order valence-electron chi connectivity index (χ2n) is 7.48. The Bertz CT molecular complexity index is 812. The van der Waals surface area contributed by atoms with Gasteiger partial charge in [-0.3, -0.25) is 4.79 Å². The van der Waals surface area contributed by atoms with Crippen LogP contribution in [0.25, 0.3) is 0 Å². The van der Waals surface area contributed by atoms with Crippen LogP contribution in [0.5, 0.6) is 0 Å². The Morgan fingerprint density at radius 2 is 1.81 bits per heavy atom. The van der Waals surface area contributed by atoms with Crippen LogP contribution in [0.4, 0.5) is 4.39 Å². The number of halogens is 1. The molecule has 1 aromatic carbocycles. The van der Waals surface area contributed by atoms with E-state index in [0.29, 0.717) is 25.9 Å². The maximum absolute atomic E-state index is 14.2. The number of sulfonamides is 1. The third kappa shape index (κ3) is 5.74. The van der Waals surface area contributed by atoms with Gasteiger partial charge in [-0.05, 0) is 51.8 Å². The van der Waals surface area contributed by atoms with E-state index in [2.05, 4.69) is 5.32 Å². The minimum absolute atomic E-state index is 0.129. The van der Waals surface area contributed by atoms with Gasteiger partial charge >= 0.3 is 5.97 Å². The van der Waals surface area contributed by atoms with Crippen molar-refractivity contribution in [1.82, 2.24) is 9.62 Å². The molecule has 0 bridgehead atoms. The molecule has 0 spiro atoms. The average Bonchev–Trinajstić information content (AvgIpc) is 2.59. The Balaban J connectivity index is 2.14. The zero-order valence-electron chi connectivity index (χ0n) is 15.7. The molecule has 1 aliphatic heterocycles. The second kappa shape index (κ2) is 8.35. The Morgan fingerprint density at radius 1 is 1.19 bits per heavy atom. The number of hydrogen-bond donors (Lipinski definition) is 1. The van der Waals surface area contributed by atoms with Gasteiger partial charge in [-0.1, -0.05) is 6.42 Å². The average molecular weight is 400 g/mol. The van der Waals surface area contributed by atoms with Crippen molar-refractivity contribution in [3.05, 3.63) is 29.6 Å². The van der Waals surface area contributed by atoms with Crippen molar-refractivity contribution in [2.75, 3.05) is 19.7 Å². The topological polar surface area (TPSA) is 92.8 Å². The first-order valence-corrected chi connectivity index (χ1v) is 10.2. The lowest BCUT2D eigenvalue weighted by atomic mass is 10.1. The summed E-state index contributed by atoms with van der Waals surface area (Å²) in [5.41, 5.74) is -0.606. The molecule has 0 saturated carbocycles. The third-order valence-electron chi connectivity index (χ3n) is 3.95. The molecule has 1 aromatic rings. The number of esters is 1. The smallest absolute Gasteiger partial charge is 0.338 e. The monoisotopic (exact) mass is 400 g/mol. The second-order valence-corrected chi connectivity index (χ2v) is 9.39. The summed E-state index contributed by atoms with van der Waals surface area (Å²) < 4.78 is 45.6. The number of ether oxygens (including phenoxy) is 1. The predicted molar refractivity (Wildman–Crippen MR) is 97.2 cm³/mol. The van der Waals surface area contributed by atoms with Crippen molar-refractivity contribution in [3.63, 3.8) is 0 Å². The zero-order chi connectivity index (χ0) is 20.2. The highest BCUT2D eigenvalue weighted by Crippen LogP contribution is 2.24. The molecule has 0 aliphatic carbocycles. The van der Waals surface area contributed by atoms with E-state index in [4.69, 9.17) is 4.74 Å². The molecule has 0 unspecified atom stereocenters. The van der Waals surface area contributed by atoms with E-state index >= 15 is 0 Å². The summed E-state index contributed by atoms with van der Waals surface area (Å²) in [6.45, 7) is 5.48. The van der Waals surface area contributed by atoms with Crippen LogP contribution < -0.4 is 5.32 Å². The fourth-order valence-corrected chi connectivity index (χ4v) is 4.35. The molecule has 1 heterocycles. The number of hydrogen-bond acceptors (Lipinski definition) is 5. The van der Waals surface area contributed by atoms with Gasteiger partial charge in [-0.2, -0.15) is 4.31 Å². The van der Waals surface area contributed by atoms with E-state index in [0.717, 1.165) is 24.6 Å². The summed E-state index contributed by atoms with van der Waals surface area (Å²) in [4.78, 5) is 23.3. The van der Waals surface area contributed by atoms with Crippen molar-refractivity contribution in [2.45, 2.75) is 50.5 Å². The molecule has 0 aromatic heterocycles. The van der Waals surface area contributed by atoms with Gasteiger partial charge in [0.25, 0.3) is 5.91 Å². The molecule has 2 rings (SSSR count). The minimum Gasteiger partial charge on any atom is -0.452 e. The minimum atomic E-state index is -4.03. The summed E-state index contributed by atoms with van der Waals surface area (Å²) in [5, 5.41) is 2.64. The standard InChI is InChI=1S/C18H25FN2O5S/c1-18(2,3)20-16(22)12-26-17(23)13-7-8-14(19)15(11-13)27(24,25)21-9-5-4-6-10-21/h7-8,11H,4-6,9-10,12H2,1-3H3,(H,20,22). The Hall–Kier alpha value is -2.00. The molecule has 1 N–H and O–H groups in total. The third-order valence-corrected chi connectivity index (χ3v) is 5.86. The Kier molecular flexibility index (Phi) is 6.59. The van der Waals surface area contributed by atoms with E-state index < -0.39 is 44.8 Å². The highest BCUT2D eigenvalue weighted by atomic mass is 32.2. The summed E-state index contributed by atoms with van der Waals surface area (Å²) >= 11 is 0. The van der Waals surface area contributed by atoms with Crippen LogP contribution in [0.3, 0.4) is 0 Å². The number of rotatable bonds is 5. The summed E-state index contributed by atoms with van der Waals surface area (Å²) in [6, 6.07) is 3.01. The van der Waals surface area contributed by atoms with Crippen molar-refractivity contribution < 1.29 is 27.1 Å². The van der Waals surface area contributed by atoms with Crippen molar-refractivity contribution in [3.8, 4) is 0 Å². The molecular formula is C18H25FN2O5S. The molecular weight excluding hydrogens is 375 g/mol. The summed E-state index contributed by atoms with van der Waals surface area (Å²) in [5.74, 6) is -2.31. The highest BCUT2D eigenvalue weighted by molar-refractivity contribution is 7.89. The number of carbonyl (C=O) groups excluding carboxylic acids is 2. The van der Waals surface area contributed by atoms with Crippen LogP contribution in [0.2, 0.25) is 0 Å². The van der Waals surface area contributed by atoms with Gasteiger partial charge in [-0.25, -0.2) is 17.6 Å². The normalized spacial score (nSPS) is 16.0. The van der Waals surface area contributed by atoms with E-state index in [1.807, 2.05) is 0 Å². The fourth-order valence-electron chi connectivity index (χ4n) is 2.74. The Labute approximate surface area is 158 Å². The first-order valence-electron chi connectivity index (χ1n) is 8.78. The molecule has 0 atom stereocenters. The SMILES string of the molecule is CC(C)(C)NC(=O)COC(=O)c1ccc(F)c(S(=O)(=O)N2CCCCC2)c1. The summed E-state index contributed by atoms with van der Waals surface area (Å²) in [7, 11) is -4.03. The lowest BCUT2D eigenvalue weighted by Crippen LogP contribution is -2.42. The molecule has 1 amide bonds. The van der Waals surface area contributed by atoms with Crippen LogP contribution in [0.15, 0.2) is 23.1 Å². The molecule has 1 aliphatic rings. The number of nitrogens with zero attached hydrogens (tertiary/aromatic N) is 1. The number of nitrogens with one attached hydrogen (secondary N) is 1. The van der Waals surface area contributed by atoms with Gasteiger partial charge in [-0.15, -0.1) is 0 Å². The molecule has 27 heavy (non-hydrogen) atoms. The number of carbonyl (C=O) groups is 2. The molecule has 9 heteroatoms. The number of benzene rings is 1. The highest BCUT2D eigenvalue weighted by Gasteiger charge is 2.29. The van der Waals surface area contributed by atoms with Crippen molar-refractivity contribution in [2.24, 2.45) is 0 Å². The van der Waals surface area contributed by atoms with E-state index in [1.54, 1.807) is 20.8 Å². The fraction of sp³-hybridized carbons (Fsp3) is 0.556. The van der Waals surface area contributed by atoms with E-state index in [9.17, 15) is 22.4 Å². The van der Waals surface area contributed by atoms with Crippen LogP contribution in [0.1, 0.15) is 50.4 Å². The van der Waals surface area contributed by atoms with Gasteiger partial charge in [0.2, 0.25) is 10.0 Å². The molecule has 1 saturated heterocycles. The lowest BCUT2D eigenvalue weighted by molar-refractivity contribution is -0.125. The van der Waals surface area contributed by atoms with Gasteiger partial charge in [0.1, 0.15) is 10.7 Å². The number of piperidine rings is 1. The van der Waals surface area contributed by atoms with Crippen molar-refractivity contribution in [1.29, 1.82) is 0 Å². The van der Waals surface area contributed by atoms with Gasteiger partial charge in [0.15, 0.2) is 6.61 Å². The molecule has 150 valence electrons. The summed E-state index contributed by atoms with van der Waals surface area (Å²) in [6.07, 6.45) is 2.36. The lowest BCUT2D eigenvalue weighted by Gasteiger charge is -2.26. The van der Waals surface area contributed by atoms with Crippen molar-refractivity contribution >= 4 is 21.9 Å².